The molecular formula is C18H19Cl2NO2. The Morgan fingerprint density at radius 3 is 2.43 bits per heavy atom. The van der Waals surface area contributed by atoms with Gasteiger partial charge in [0.05, 0.1) is 12.5 Å². The summed E-state index contributed by atoms with van der Waals surface area (Å²) in [6, 6.07) is 12.8. The number of benzene rings is 2. The molecule has 0 radical (unpaired) electrons. The van der Waals surface area contributed by atoms with E-state index in [1.807, 2.05) is 38.1 Å². The van der Waals surface area contributed by atoms with Crippen LogP contribution in [0.2, 0.25) is 10.0 Å². The molecule has 0 bridgehead atoms. The van der Waals surface area contributed by atoms with Crippen molar-refractivity contribution in [1.82, 2.24) is 5.32 Å². The van der Waals surface area contributed by atoms with Crippen LogP contribution in [-0.4, -0.2) is 12.0 Å². The maximum Gasteiger partial charge on any atom is 0.224 e. The van der Waals surface area contributed by atoms with E-state index in [0.717, 1.165) is 16.9 Å². The average molecular weight is 352 g/mol. The van der Waals surface area contributed by atoms with Gasteiger partial charge >= 0.3 is 0 Å². The third-order valence-electron chi connectivity index (χ3n) is 3.15. The number of amides is 1. The Morgan fingerprint density at radius 2 is 1.83 bits per heavy atom. The summed E-state index contributed by atoms with van der Waals surface area (Å²) < 4.78 is 5.58. The highest BCUT2D eigenvalue weighted by atomic mass is 35.5. The minimum atomic E-state index is -0.0864. The summed E-state index contributed by atoms with van der Waals surface area (Å²) in [6.45, 7) is 4.43. The monoisotopic (exact) mass is 351 g/mol. The molecule has 0 fully saturated rings. The first-order valence-corrected chi connectivity index (χ1v) is 8.16. The first-order chi connectivity index (χ1) is 10.9. The van der Waals surface area contributed by atoms with E-state index >= 15 is 0 Å². The van der Waals surface area contributed by atoms with Crippen LogP contribution in [0.15, 0.2) is 42.5 Å². The Labute approximate surface area is 146 Å². The number of rotatable bonds is 6. The molecule has 1 amide bonds. The number of hydrogen-bond donors (Lipinski definition) is 1. The quantitative estimate of drug-likeness (QED) is 0.823. The van der Waals surface area contributed by atoms with Gasteiger partial charge in [-0.3, -0.25) is 4.79 Å². The summed E-state index contributed by atoms with van der Waals surface area (Å²) in [6.07, 6.45) is 0.370. The lowest BCUT2D eigenvalue weighted by Crippen LogP contribution is -2.24. The van der Waals surface area contributed by atoms with E-state index in [1.54, 1.807) is 18.2 Å². The molecule has 1 N–H and O–H groups in total. The summed E-state index contributed by atoms with van der Waals surface area (Å²) in [5, 5.41) is 3.94. The number of carbonyl (C=O) groups is 1. The molecule has 0 spiro atoms. The zero-order valence-electron chi connectivity index (χ0n) is 13.1. The van der Waals surface area contributed by atoms with E-state index in [9.17, 15) is 4.79 Å². The molecule has 0 unspecified atom stereocenters. The predicted molar refractivity (Wildman–Crippen MR) is 94.2 cm³/mol. The summed E-state index contributed by atoms with van der Waals surface area (Å²) in [7, 11) is 0. The second-order valence-electron chi connectivity index (χ2n) is 5.50. The smallest absolute Gasteiger partial charge is 0.224 e. The van der Waals surface area contributed by atoms with Gasteiger partial charge in [-0.2, -0.15) is 0 Å². The van der Waals surface area contributed by atoms with Gasteiger partial charge in [-0.15, -0.1) is 0 Å². The van der Waals surface area contributed by atoms with Crippen LogP contribution in [0, 0.1) is 0 Å². The molecule has 2 aromatic carbocycles. The van der Waals surface area contributed by atoms with Crippen LogP contribution in [0.4, 0.5) is 0 Å². The van der Waals surface area contributed by atoms with Crippen LogP contribution in [0.3, 0.4) is 0 Å². The minimum Gasteiger partial charge on any atom is -0.491 e. The van der Waals surface area contributed by atoms with Crippen molar-refractivity contribution in [3.63, 3.8) is 0 Å². The molecule has 0 atom stereocenters. The Bertz CT molecular complexity index is 669. The third-order valence-corrected chi connectivity index (χ3v) is 3.74. The van der Waals surface area contributed by atoms with Crippen LogP contribution >= 0.6 is 23.2 Å². The van der Waals surface area contributed by atoms with Crippen molar-refractivity contribution in [1.29, 1.82) is 0 Å². The van der Waals surface area contributed by atoms with Crippen LogP contribution in [0.5, 0.6) is 5.75 Å². The predicted octanol–water partition coefficient (Wildman–Crippen LogP) is 4.64. The highest BCUT2D eigenvalue weighted by molar-refractivity contribution is 6.35. The fourth-order valence-electron chi connectivity index (χ4n) is 2.06. The normalized spacial score (nSPS) is 10.7. The summed E-state index contributed by atoms with van der Waals surface area (Å²) >= 11 is 11.9. The zero-order valence-corrected chi connectivity index (χ0v) is 14.6. The van der Waals surface area contributed by atoms with E-state index in [0.29, 0.717) is 16.6 Å². The van der Waals surface area contributed by atoms with Crippen molar-refractivity contribution in [3.8, 4) is 5.75 Å². The highest BCUT2D eigenvalue weighted by Crippen LogP contribution is 2.21. The molecule has 0 aromatic heterocycles. The maximum atomic E-state index is 12.0. The van der Waals surface area contributed by atoms with Crippen molar-refractivity contribution in [3.05, 3.63) is 63.6 Å². The second-order valence-corrected chi connectivity index (χ2v) is 6.34. The Kier molecular flexibility index (Phi) is 6.31. The van der Waals surface area contributed by atoms with Crippen molar-refractivity contribution < 1.29 is 9.53 Å². The number of hydrogen-bond acceptors (Lipinski definition) is 2. The third kappa shape index (κ3) is 5.77. The van der Waals surface area contributed by atoms with Crippen molar-refractivity contribution in [2.24, 2.45) is 0 Å². The van der Waals surface area contributed by atoms with E-state index < -0.39 is 0 Å². The summed E-state index contributed by atoms with van der Waals surface area (Å²) in [5.41, 5.74) is 1.77. The van der Waals surface area contributed by atoms with Gasteiger partial charge in [0.2, 0.25) is 5.91 Å². The van der Waals surface area contributed by atoms with E-state index in [-0.39, 0.29) is 18.4 Å². The summed E-state index contributed by atoms with van der Waals surface area (Å²) in [5.74, 6) is 0.736. The number of nitrogens with one attached hydrogen (secondary N) is 1. The fraction of sp³-hybridized carbons (Fsp3) is 0.278. The van der Waals surface area contributed by atoms with Crippen LogP contribution in [-0.2, 0) is 17.8 Å². The van der Waals surface area contributed by atoms with Crippen molar-refractivity contribution in [2.75, 3.05) is 0 Å². The van der Waals surface area contributed by atoms with E-state index in [1.165, 1.54) is 0 Å². The van der Waals surface area contributed by atoms with Gasteiger partial charge in [-0.05, 0) is 49.2 Å². The van der Waals surface area contributed by atoms with Crippen LogP contribution in [0.25, 0.3) is 0 Å². The zero-order chi connectivity index (χ0) is 16.8. The number of ether oxygens (including phenoxy) is 1. The highest BCUT2D eigenvalue weighted by Gasteiger charge is 2.07. The number of carbonyl (C=O) groups excluding carboxylic acids is 1. The van der Waals surface area contributed by atoms with Gasteiger partial charge in [0.1, 0.15) is 5.75 Å². The lowest BCUT2D eigenvalue weighted by Gasteiger charge is -2.11. The second kappa shape index (κ2) is 8.23. The largest absolute Gasteiger partial charge is 0.491 e. The summed E-state index contributed by atoms with van der Waals surface area (Å²) in [4.78, 5) is 12.0. The molecule has 2 rings (SSSR count). The first-order valence-electron chi connectivity index (χ1n) is 7.40. The molecule has 0 aliphatic rings. The van der Waals surface area contributed by atoms with Crippen molar-refractivity contribution in [2.45, 2.75) is 32.9 Å². The minimum absolute atomic E-state index is 0.0864. The Morgan fingerprint density at radius 1 is 1.13 bits per heavy atom. The van der Waals surface area contributed by atoms with Crippen LogP contribution in [0.1, 0.15) is 25.0 Å². The molecule has 3 nitrogen and oxygen atoms in total. The van der Waals surface area contributed by atoms with Crippen molar-refractivity contribution >= 4 is 29.1 Å². The molecule has 0 saturated heterocycles. The molecule has 23 heavy (non-hydrogen) atoms. The molecule has 0 aliphatic heterocycles. The van der Waals surface area contributed by atoms with Crippen LogP contribution < -0.4 is 10.1 Å². The van der Waals surface area contributed by atoms with E-state index in [4.69, 9.17) is 27.9 Å². The SMILES string of the molecule is CC(C)Oc1ccc(CNC(=O)Cc2ccc(Cl)cc2Cl)cc1. The molecular weight excluding hydrogens is 333 g/mol. The number of halogens is 2. The standard InChI is InChI=1S/C18H19Cl2NO2/c1-12(2)23-16-7-3-13(4-8-16)11-21-18(22)9-14-5-6-15(19)10-17(14)20/h3-8,10,12H,9,11H2,1-2H3,(H,21,22). The molecule has 0 saturated carbocycles. The van der Waals surface area contributed by atoms with E-state index in [2.05, 4.69) is 5.32 Å². The van der Waals surface area contributed by atoms with Gasteiger partial charge in [-0.25, -0.2) is 0 Å². The fourth-order valence-corrected chi connectivity index (χ4v) is 2.53. The molecule has 122 valence electrons. The Hall–Kier alpha value is -1.71. The van der Waals surface area contributed by atoms with Gasteiger partial charge in [0, 0.05) is 16.6 Å². The first kappa shape index (κ1) is 17.6. The molecule has 2 aromatic rings. The van der Waals surface area contributed by atoms with Gasteiger partial charge in [-0.1, -0.05) is 41.4 Å². The van der Waals surface area contributed by atoms with Gasteiger partial charge in [0.25, 0.3) is 0 Å². The lowest BCUT2D eigenvalue weighted by atomic mass is 10.1. The lowest BCUT2D eigenvalue weighted by molar-refractivity contribution is -0.120. The maximum absolute atomic E-state index is 12.0. The topological polar surface area (TPSA) is 38.3 Å². The molecule has 0 heterocycles. The van der Waals surface area contributed by atoms with Gasteiger partial charge in [0.15, 0.2) is 0 Å². The van der Waals surface area contributed by atoms with Gasteiger partial charge < -0.3 is 10.1 Å². The average Bonchev–Trinajstić information content (AvgIpc) is 2.49. The molecule has 5 heteroatoms. The molecule has 0 aliphatic carbocycles. The Balaban J connectivity index is 1.86.